The van der Waals surface area contributed by atoms with Crippen molar-refractivity contribution < 1.29 is 4.39 Å². The highest BCUT2D eigenvalue weighted by Crippen LogP contribution is 2.16. The smallest absolute Gasteiger partial charge is 0.137 e. The van der Waals surface area contributed by atoms with E-state index in [0.717, 1.165) is 18.7 Å². The van der Waals surface area contributed by atoms with Gasteiger partial charge in [0.1, 0.15) is 5.82 Å². The Morgan fingerprint density at radius 3 is 2.87 bits per heavy atom. The molecule has 0 heterocycles. The molecule has 0 aliphatic carbocycles. The van der Waals surface area contributed by atoms with Crippen LogP contribution in [0.1, 0.15) is 12.5 Å². The van der Waals surface area contributed by atoms with Crippen LogP contribution in [0.15, 0.2) is 22.7 Å². The summed E-state index contributed by atoms with van der Waals surface area (Å²) in [5.74, 6) is -0.202. The number of benzene rings is 1. The molecule has 0 aliphatic heterocycles. The molecule has 0 spiro atoms. The highest BCUT2D eigenvalue weighted by atomic mass is 79.9. The quantitative estimate of drug-likeness (QED) is 0.892. The highest BCUT2D eigenvalue weighted by Gasteiger charge is 2.01. The molecule has 0 amide bonds. The topological polar surface area (TPSA) is 12.0 Å². The number of halogens is 2. The molecule has 1 rings (SSSR count). The van der Waals surface area contributed by atoms with Crippen LogP contribution in [-0.2, 0) is 6.54 Å². The van der Waals surface area contributed by atoms with Crippen LogP contribution in [0.4, 0.5) is 4.39 Å². The predicted molar refractivity (Wildman–Crippen MR) is 68.8 cm³/mol. The Hall–Kier alpha value is -0.0600. The lowest BCUT2D eigenvalue weighted by Crippen LogP contribution is -2.22. The van der Waals surface area contributed by atoms with E-state index < -0.39 is 0 Å². The Morgan fingerprint density at radius 1 is 1.53 bits per heavy atom. The SMILES string of the molecule is CSC(C)CNCc1ccc(Br)c(F)c1. The predicted octanol–water partition coefficient (Wildman–Crippen LogP) is 3.43. The van der Waals surface area contributed by atoms with Crippen LogP contribution in [-0.4, -0.2) is 18.1 Å². The van der Waals surface area contributed by atoms with E-state index in [1.54, 1.807) is 12.1 Å². The second kappa shape index (κ2) is 6.51. The third-order valence-corrected chi connectivity index (χ3v) is 3.76. The van der Waals surface area contributed by atoms with E-state index in [2.05, 4.69) is 34.4 Å². The summed E-state index contributed by atoms with van der Waals surface area (Å²) in [6.07, 6.45) is 2.09. The van der Waals surface area contributed by atoms with Gasteiger partial charge in [-0.05, 0) is 39.9 Å². The molecule has 1 aromatic carbocycles. The van der Waals surface area contributed by atoms with Gasteiger partial charge in [-0.1, -0.05) is 13.0 Å². The molecule has 1 nitrogen and oxygen atoms in total. The van der Waals surface area contributed by atoms with Crippen molar-refractivity contribution in [1.29, 1.82) is 0 Å². The fourth-order valence-electron chi connectivity index (χ4n) is 1.15. The molecule has 1 unspecified atom stereocenters. The normalized spacial score (nSPS) is 12.8. The Bertz CT molecular complexity index is 319. The fraction of sp³-hybridized carbons (Fsp3) is 0.455. The zero-order valence-corrected chi connectivity index (χ0v) is 11.3. The molecule has 4 heteroatoms. The monoisotopic (exact) mass is 291 g/mol. The van der Waals surface area contributed by atoms with Gasteiger partial charge in [-0.15, -0.1) is 0 Å². The maximum atomic E-state index is 13.2. The van der Waals surface area contributed by atoms with Gasteiger partial charge in [0, 0.05) is 18.3 Å². The van der Waals surface area contributed by atoms with Crippen molar-refractivity contribution in [1.82, 2.24) is 5.32 Å². The Balaban J connectivity index is 2.41. The minimum absolute atomic E-state index is 0.202. The average Bonchev–Trinajstić information content (AvgIpc) is 2.23. The first kappa shape index (κ1) is 13.0. The first-order valence-corrected chi connectivity index (χ1v) is 6.89. The van der Waals surface area contributed by atoms with Gasteiger partial charge in [-0.25, -0.2) is 4.39 Å². The zero-order chi connectivity index (χ0) is 11.3. The number of thioether (sulfide) groups is 1. The van der Waals surface area contributed by atoms with Crippen LogP contribution in [0.5, 0.6) is 0 Å². The number of hydrogen-bond acceptors (Lipinski definition) is 2. The van der Waals surface area contributed by atoms with Gasteiger partial charge in [-0.3, -0.25) is 0 Å². The van der Waals surface area contributed by atoms with Crippen molar-refractivity contribution in [2.75, 3.05) is 12.8 Å². The van der Waals surface area contributed by atoms with Gasteiger partial charge in [0.05, 0.1) is 4.47 Å². The lowest BCUT2D eigenvalue weighted by atomic mass is 10.2. The molecule has 0 aliphatic rings. The molecule has 0 bridgehead atoms. The van der Waals surface area contributed by atoms with Crippen LogP contribution >= 0.6 is 27.7 Å². The maximum Gasteiger partial charge on any atom is 0.137 e. The summed E-state index contributed by atoms with van der Waals surface area (Å²) >= 11 is 4.95. The highest BCUT2D eigenvalue weighted by molar-refractivity contribution is 9.10. The van der Waals surface area contributed by atoms with Crippen LogP contribution in [0.2, 0.25) is 0 Å². The number of nitrogens with one attached hydrogen (secondary N) is 1. The first-order valence-electron chi connectivity index (χ1n) is 4.81. The molecule has 0 saturated carbocycles. The third-order valence-electron chi connectivity index (χ3n) is 2.15. The van der Waals surface area contributed by atoms with Gasteiger partial charge >= 0.3 is 0 Å². The summed E-state index contributed by atoms with van der Waals surface area (Å²) in [4.78, 5) is 0. The fourth-order valence-corrected chi connectivity index (χ4v) is 1.68. The van der Waals surface area contributed by atoms with Gasteiger partial charge in [-0.2, -0.15) is 11.8 Å². The van der Waals surface area contributed by atoms with Gasteiger partial charge < -0.3 is 5.32 Å². The van der Waals surface area contributed by atoms with E-state index in [1.165, 1.54) is 0 Å². The van der Waals surface area contributed by atoms with E-state index in [1.807, 2.05) is 17.8 Å². The van der Waals surface area contributed by atoms with Crippen molar-refractivity contribution in [3.63, 3.8) is 0 Å². The molecule has 15 heavy (non-hydrogen) atoms. The molecular weight excluding hydrogens is 277 g/mol. The van der Waals surface area contributed by atoms with Crippen LogP contribution in [0, 0.1) is 5.82 Å². The van der Waals surface area contributed by atoms with Gasteiger partial charge in [0.25, 0.3) is 0 Å². The first-order chi connectivity index (χ1) is 7.13. The van der Waals surface area contributed by atoms with E-state index in [9.17, 15) is 4.39 Å². The minimum Gasteiger partial charge on any atom is -0.312 e. The van der Waals surface area contributed by atoms with E-state index >= 15 is 0 Å². The second-order valence-electron chi connectivity index (χ2n) is 3.43. The molecule has 0 radical (unpaired) electrons. The third kappa shape index (κ3) is 4.53. The molecule has 0 saturated heterocycles. The summed E-state index contributed by atoms with van der Waals surface area (Å²) in [5.41, 5.74) is 0.976. The maximum absolute atomic E-state index is 13.2. The Kier molecular flexibility index (Phi) is 5.64. The lowest BCUT2D eigenvalue weighted by molar-refractivity contribution is 0.613. The molecular formula is C11H15BrFNS. The molecule has 84 valence electrons. The van der Waals surface area contributed by atoms with Gasteiger partial charge in [0.2, 0.25) is 0 Å². The average molecular weight is 292 g/mol. The van der Waals surface area contributed by atoms with Crippen molar-refractivity contribution in [3.05, 3.63) is 34.1 Å². The van der Waals surface area contributed by atoms with Crippen molar-refractivity contribution in [2.24, 2.45) is 0 Å². The summed E-state index contributed by atoms with van der Waals surface area (Å²) in [6, 6.07) is 5.22. The summed E-state index contributed by atoms with van der Waals surface area (Å²) in [6.45, 7) is 3.83. The molecule has 0 fully saturated rings. The van der Waals surface area contributed by atoms with E-state index in [-0.39, 0.29) is 5.82 Å². The molecule has 1 N–H and O–H groups in total. The molecule has 1 aromatic rings. The summed E-state index contributed by atoms with van der Waals surface area (Å²) in [5, 5.41) is 3.88. The van der Waals surface area contributed by atoms with Crippen LogP contribution in [0.3, 0.4) is 0 Å². The standard InChI is InChI=1S/C11H15BrFNS/c1-8(15-2)6-14-7-9-3-4-10(12)11(13)5-9/h3-5,8,14H,6-7H2,1-2H3. The molecule has 1 atom stereocenters. The van der Waals surface area contributed by atoms with Crippen LogP contribution < -0.4 is 5.32 Å². The largest absolute Gasteiger partial charge is 0.312 e. The number of rotatable bonds is 5. The van der Waals surface area contributed by atoms with Crippen molar-refractivity contribution >= 4 is 27.7 Å². The van der Waals surface area contributed by atoms with Gasteiger partial charge in [0.15, 0.2) is 0 Å². The number of hydrogen-bond donors (Lipinski definition) is 1. The summed E-state index contributed by atoms with van der Waals surface area (Å²) < 4.78 is 13.7. The van der Waals surface area contributed by atoms with Crippen LogP contribution in [0.25, 0.3) is 0 Å². The minimum atomic E-state index is -0.202. The van der Waals surface area contributed by atoms with E-state index in [0.29, 0.717) is 9.72 Å². The molecule has 0 aromatic heterocycles. The van der Waals surface area contributed by atoms with Crippen molar-refractivity contribution in [2.45, 2.75) is 18.7 Å². The summed E-state index contributed by atoms with van der Waals surface area (Å²) in [7, 11) is 0. The van der Waals surface area contributed by atoms with Crippen molar-refractivity contribution in [3.8, 4) is 0 Å². The zero-order valence-electron chi connectivity index (χ0n) is 8.89. The Morgan fingerprint density at radius 2 is 2.27 bits per heavy atom. The second-order valence-corrected chi connectivity index (χ2v) is 5.56. The Labute approximate surface area is 103 Å². The lowest BCUT2D eigenvalue weighted by Gasteiger charge is -2.09. The van der Waals surface area contributed by atoms with E-state index in [4.69, 9.17) is 0 Å².